The van der Waals surface area contributed by atoms with E-state index in [1.807, 2.05) is 26.8 Å². The molecule has 0 amide bonds. The van der Waals surface area contributed by atoms with Gasteiger partial charge < -0.3 is 95.5 Å². The van der Waals surface area contributed by atoms with Gasteiger partial charge in [-0.1, -0.05) is 84.0 Å². The highest BCUT2D eigenvalue weighted by molar-refractivity contribution is 5.87. The molecule has 21 heteroatoms. The highest BCUT2D eigenvalue weighted by Gasteiger charge is 2.60. The molecule has 16 rings (SSSR count). The molecule has 8 fully saturated rings. The molecule has 0 radical (unpaired) electrons. The summed E-state index contributed by atoms with van der Waals surface area (Å²) in [5, 5.41) is 19.4. The fourth-order valence-corrected chi connectivity index (χ4v) is 25.4. The van der Waals surface area contributed by atoms with E-state index in [0.29, 0.717) is 124 Å². The van der Waals surface area contributed by atoms with Crippen LogP contribution in [-0.4, -0.2) is 178 Å². The van der Waals surface area contributed by atoms with Crippen LogP contribution in [0, 0.1) is 69.0 Å². The monoisotopic (exact) mass is 1680 g/mol. The van der Waals surface area contributed by atoms with Crippen molar-refractivity contribution in [2.75, 3.05) is 131 Å². The lowest BCUT2D eigenvalue weighted by atomic mass is 9.53. The summed E-state index contributed by atoms with van der Waals surface area (Å²) in [7, 11) is 13.3. The molecule has 21 atom stereocenters. The molecule has 0 unspecified atom stereocenters. The maximum atomic E-state index is 12.5. The molecular formula is C100H144O21. The van der Waals surface area contributed by atoms with Crippen LogP contribution in [0.3, 0.4) is 0 Å². The predicted octanol–water partition coefficient (Wildman–Crippen LogP) is 19.3. The predicted molar refractivity (Wildman–Crippen MR) is 466 cm³/mol. The number of carbonyl (C=O) groups is 2. The van der Waals surface area contributed by atoms with Crippen LogP contribution in [0.5, 0.6) is 23.0 Å². The second-order valence-corrected chi connectivity index (χ2v) is 36.6. The van der Waals surface area contributed by atoms with E-state index < -0.39 is 0 Å². The Morgan fingerprint density at radius 1 is 0.397 bits per heavy atom. The van der Waals surface area contributed by atoms with Crippen LogP contribution >= 0.6 is 0 Å². The topological polar surface area (TPSA) is 232 Å². The van der Waals surface area contributed by atoms with Crippen LogP contribution in [-0.2, 0) is 71.2 Å². The SMILES string of the molecule is CC.CCOC(=O)CC1=C[C@@H]2[C@H](CC[C@]3(C)[C@@H](OCOC)CC[C@@H]23)c2ccc(OCOC)cc21.COCOc1ccc2c(c1)C(CCO)=C[C@@H]1[C@@H]2CC[C@]2(C)[C@@H](OCOC)CC[C@@H]12.COCOc1ccc2c(c1)C(CCO)=C[C@@H]1[C@@H]2CC[C@]2(C)[C@@H](OCOC)CC[C@@H]12.COCOc1ccc2c(c1)[C@H](CC=O)C[C@@H]1[C@@H]2CC[C@]2(C)[C@@H](OCOC)CC[C@@H]12. The Morgan fingerprint density at radius 3 is 1.07 bits per heavy atom. The average Bonchev–Trinajstić information content (AvgIpc) is 1.67. The molecule has 0 aromatic heterocycles. The molecule has 670 valence electrons. The second-order valence-electron chi connectivity index (χ2n) is 36.6. The van der Waals surface area contributed by atoms with Crippen molar-refractivity contribution in [2.45, 2.75) is 237 Å². The molecule has 0 saturated heterocycles. The molecule has 2 N–H and O–H groups in total. The maximum Gasteiger partial charge on any atom is 0.310 e. The quantitative estimate of drug-likeness (QED) is 0.0256. The largest absolute Gasteiger partial charge is 0.468 e. The van der Waals surface area contributed by atoms with Crippen LogP contribution in [0.2, 0.25) is 0 Å². The minimum Gasteiger partial charge on any atom is -0.468 e. The lowest BCUT2D eigenvalue weighted by Crippen LogP contribution is -2.45. The molecule has 21 nitrogen and oxygen atoms in total. The summed E-state index contributed by atoms with van der Waals surface area (Å²) in [6.45, 7) is 18.6. The zero-order valence-electron chi connectivity index (χ0n) is 75.3. The average molecular weight is 1680 g/mol. The first-order chi connectivity index (χ1) is 58.9. The molecule has 8 saturated carbocycles. The fraction of sp³-hybridized carbons (Fsp3) is 0.680. The maximum absolute atomic E-state index is 12.5. The number of hydrogen-bond donors (Lipinski definition) is 2. The number of hydrogen-bond acceptors (Lipinski definition) is 21. The molecule has 0 bridgehead atoms. The summed E-state index contributed by atoms with van der Waals surface area (Å²) >= 11 is 0. The van der Waals surface area contributed by atoms with Crippen molar-refractivity contribution < 1.29 is 100 Å². The highest BCUT2D eigenvalue weighted by Crippen LogP contribution is 2.67. The minimum atomic E-state index is -0.183. The van der Waals surface area contributed by atoms with Gasteiger partial charge in [-0.15, -0.1) is 0 Å². The number of methoxy groups -OCH3 is 8. The van der Waals surface area contributed by atoms with E-state index in [9.17, 15) is 19.8 Å². The summed E-state index contributed by atoms with van der Waals surface area (Å²) in [5.74, 6) is 9.81. The van der Waals surface area contributed by atoms with Crippen molar-refractivity contribution >= 4 is 29.0 Å². The van der Waals surface area contributed by atoms with Crippen molar-refractivity contribution in [1.82, 2.24) is 0 Å². The fourth-order valence-electron chi connectivity index (χ4n) is 25.4. The summed E-state index contributed by atoms with van der Waals surface area (Å²) < 4.78 is 93.4. The third-order valence-corrected chi connectivity index (χ3v) is 30.7. The Balaban J connectivity index is 0.000000147. The number of esters is 1. The number of carbonyl (C=O) groups excluding carboxylic acids is 2. The van der Waals surface area contributed by atoms with Gasteiger partial charge in [-0.05, 0) is 337 Å². The van der Waals surface area contributed by atoms with Gasteiger partial charge in [0.15, 0.2) is 27.2 Å². The van der Waals surface area contributed by atoms with Gasteiger partial charge in [-0.25, -0.2) is 0 Å². The number of aliphatic hydroxyl groups is 2. The van der Waals surface area contributed by atoms with Crippen LogP contribution in [0.15, 0.2) is 91.0 Å². The zero-order chi connectivity index (χ0) is 86.0. The molecule has 4 aromatic rings. The Bertz CT molecular complexity index is 3960. The number of allylic oxidation sites excluding steroid dienone is 3. The summed E-state index contributed by atoms with van der Waals surface area (Å²) in [5.41, 5.74) is 14.7. The van der Waals surface area contributed by atoms with E-state index in [4.69, 9.17) is 80.5 Å². The van der Waals surface area contributed by atoms with Crippen molar-refractivity contribution in [3.8, 4) is 23.0 Å². The lowest BCUT2D eigenvalue weighted by Gasteiger charge is -2.52. The van der Waals surface area contributed by atoms with E-state index in [2.05, 4.69) is 113 Å². The Hall–Kier alpha value is -6.12. The van der Waals surface area contributed by atoms with Crippen molar-refractivity contribution in [2.24, 2.45) is 69.0 Å². The Labute approximate surface area is 721 Å². The van der Waals surface area contributed by atoms with Gasteiger partial charge in [0.05, 0.1) is 37.4 Å². The highest BCUT2D eigenvalue weighted by atomic mass is 16.7. The third kappa shape index (κ3) is 20.2. The van der Waals surface area contributed by atoms with Crippen molar-refractivity contribution in [3.63, 3.8) is 0 Å². The molecule has 12 aliphatic carbocycles. The smallest absolute Gasteiger partial charge is 0.310 e. The number of aldehydes is 1. The number of benzene rings is 4. The van der Waals surface area contributed by atoms with Crippen molar-refractivity contribution in [3.05, 3.63) is 136 Å². The van der Waals surface area contributed by atoms with Crippen LogP contribution in [0.25, 0.3) is 16.7 Å². The molecule has 12 aliphatic rings. The van der Waals surface area contributed by atoms with E-state index in [1.54, 1.807) is 56.9 Å². The van der Waals surface area contributed by atoms with Crippen LogP contribution in [0.4, 0.5) is 0 Å². The first-order valence-corrected chi connectivity index (χ1v) is 45.3. The van der Waals surface area contributed by atoms with Gasteiger partial charge in [-0.3, -0.25) is 4.79 Å². The number of rotatable bonds is 33. The van der Waals surface area contributed by atoms with E-state index in [0.717, 1.165) is 91.8 Å². The van der Waals surface area contributed by atoms with Crippen molar-refractivity contribution in [1.29, 1.82) is 0 Å². The Morgan fingerprint density at radius 2 is 0.719 bits per heavy atom. The number of aliphatic hydroxyl groups excluding tert-OH is 2. The molecule has 121 heavy (non-hydrogen) atoms. The summed E-state index contributed by atoms with van der Waals surface area (Å²) in [6, 6.07) is 25.6. The number of fused-ring (bicyclic) bond motifs is 20. The lowest BCUT2D eigenvalue weighted by molar-refractivity contribution is -0.141. The van der Waals surface area contributed by atoms with Gasteiger partial charge in [0.1, 0.15) is 56.5 Å². The van der Waals surface area contributed by atoms with E-state index >= 15 is 0 Å². The van der Waals surface area contributed by atoms with Gasteiger partial charge in [0, 0.05) is 76.5 Å². The summed E-state index contributed by atoms with van der Waals surface area (Å²) in [4.78, 5) is 23.9. The normalized spacial score (nSPS) is 32.4. The van der Waals surface area contributed by atoms with Gasteiger partial charge >= 0.3 is 5.97 Å². The third-order valence-electron chi connectivity index (χ3n) is 30.7. The van der Waals surface area contributed by atoms with Crippen LogP contribution in [0.1, 0.15) is 257 Å². The van der Waals surface area contributed by atoms with Gasteiger partial charge in [-0.2, -0.15) is 0 Å². The first-order valence-electron chi connectivity index (χ1n) is 45.3. The molecule has 0 heterocycles. The molecule has 4 aromatic carbocycles. The molecular weight excluding hydrogens is 1540 g/mol. The Kier molecular flexibility index (Phi) is 34.1. The molecule has 0 spiro atoms. The first kappa shape index (κ1) is 94.0. The standard InChI is InChI=1S/C26H36O6.3C24H34O5.C2H6/c1-5-30-25(27)13-17-12-22-20(19-7-6-18(14-21(17)19)31-15-28-3)10-11-26(2)23(22)8-9-24(26)32-16-29-4;3*1-24-10-8-19-18-5-4-17(28-14-26-2)13-20(18)16(9-11-25)12-21(19)22(24)6-7-23(24)29-15-27-3;1-2/h6-7,12,14,20,22-24H,5,8-11,13,15-16H2,1-4H3;2*4-5,12-13,19,21-23,25H,6-11,14-15H2,1-3H3;4-5,11,13,16,19,21-23H,6-10,12,14-15H2,1-3H3;1-2H3/t20-,22-,23+,24+,26+;2*19-,21-,22+,23+,24+;16-,19-,21-,22+,23+,24+;/m1111./s1. The van der Waals surface area contributed by atoms with Gasteiger partial charge in [0.25, 0.3) is 0 Å². The van der Waals surface area contributed by atoms with E-state index in [-0.39, 0.29) is 105 Å². The number of ether oxygens (including phenoxy) is 17. The van der Waals surface area contributed by atoms with E-state index in [1.165, 1.54) is 108 Å². The second kappa shape index (κ2) is 43.9. The minimum absolute atomic E-state index is 0.129. The molecule has 0 aliphatic heterocycles. The summed E-state index contributed by atoms with van der Waals surface area (Å²) in [6.07, 6.45) is 31.2. The zero-order valence-corrected chi connectivity index (χ0v) is 75.3. The van der Waals surface area contributed by atoms with Crippen LogP contribution < -0.4 is 18.9 Å². The van der Waals surface area contributed by atoms with Gasteiger partial charge in [0.2, 0.25) is 0 Å².